The molecule has 0 aromatic heterocycles. The molecule has 160 valence electrons. The number of nitrogens with zero attached hydrogens (tertiary/aromatic N) is 3. The summed E-state index contributed by atoms with van der Waals surface area (Å²) in [5.41, 5.74) is 1.04. The predicted molar refractivity (Wildman–Crippen MR) is 112 cm³/mol. The summed E-state index contributed by atoms with van der Waals surface area (Å²) in [5, 5.41) is 2.80. The Morgan fingerprint density at radius 3 is 2.31 bits per heavy atom. The lowest BCUT2D eigenvalue weighted by Gasteiger charge is -2.37. The van der Waals surface area contributed by atoms with Crippen LogP contribution in [-0.4, -0.2) is 78.4 Å². The minimum absolute atomic E-state index is 0.137. The molecule has 0 saturated carbocycles. The van der Waals surface area contributed by atoms with E-state index in [0.29, 0.717) is 17.8 Å². The number of halogens is 1. The first-order chi connectivity index (χ1) is 13.9. The van der Waals surface area contributed by atoms with E-state index >= 15 is 0 Å². The Kier molecular flexibility index (Phi) is 7.61. The molecule has 0 spiro atoms. The van der Waals surface area contributed by atoms with E-state index in [4.69, 9.17) is 0 Å². The average molecular weight is 405 g/mol. The monoisotopic (exact) mass is 404 g/mol. The van der Waals surface area contributed by atoms with Gasteiger partial charge in [-0.25, -0.2) is 4.39 Å². The molecule has 0 radical (unpaired) electrons. The molecule has 1 aromatic carbocycles. The number of amides is 2. The lowest BCUT2D eigenvalue weighted by molar-refractivity contribution is -0.133. The molecule has 2 amide bonds. The average Bonchev–Trinajstić information content (AvgIpc) is 3.00. The Morgan fingerprint density at radius 1 is 1.03 bits per heavy atom. The minimum atomic E-state index is -0.321. The van der Waals surface area contributed by atoms with Crippen molar-refractivity contribution >= 4 is 17.5 Å². The van der Waals surface area contributed by atoms with Gasteiger partial charge in [-0.3, -0.25) is 19.4 Å². The van der Waals surface area contributed by atoms with Gasteiger partial charge in [0.1, 0.15) is 5.82 Å². The second kappa shape index (κ2) is 10.2. The lowest BCUT2D eigenvalue weighted by Crippen LogP contribution is -2.54. The summed E-state index contributed by atoms with van der Waals surface area (Å²) >= 11 is 0. The molecule has 1 aromatic rings. The Morgan fingerprint density at radius 2 is 1.69 bits per heavy atom. The second-order valence-electron chi connectivity index (χ2n) is 8.24. The van der Waals surface area contributed by atoms with Crippen molar-refractivity contribution in [2.45, 2.75) is 45.6 Å². The first kappa shape index (κ1) is 21.7. The molecule has 0 bridgehead atoms. The van der Waals surface area contributed by atoms with Gasteiger partial charge >= 0.3 is 0 Å². The number of aryl methyl sites for hydroxylation is 1. The highest BCUT2D eigenvalue weighted by Gasteiger charge is 2.27. The fraction of sp³-hybridized carbons (Fsp3) is 0.636. The fourth-order valence-corrected chi connectivity index (χ4v) is 4.00. The van der Waals surface area contributed by atoms with Gasteiger partial charge in [0, 0.05) is 45.0 Å². The van der Waals surface area contributed by atoms with Gasteiger partial charge in [-0.2, -0.15) is 0 Å². The molecule has 1 N–H and O–H groups in total. The van der Waals surface area contributed by atoms with Crippen LogP contribution in [0.5, 0.6) is 0 Å². The number of carbonyl (C=O) groups is 2. The number of hydrogen-bond donors (Lipinski definition) is 1. The van der Waals surface area contributed by atoms with Crippen LogP contribution in [0.2, 0.25) is 0 Å². The molecule has 2 saturated heterocycles. The molecule has 7 heteroatoms. The highest BCUT2D eigenvalue weighted by Crippen LogP contribution is 2.16. The van der Waals surface area contributed by atoms with Crippen LogP contribution in [0.15, 0.2) is 18.2 Å². The number of hydrogen-bond acceptors (Lipinski definition) is 4. The maximum absolute atomic E-state index is 13.7. The molecular formula is C22H33FN4O2. The fourth-order valence-electron chi connectivity index (χ4n) is 4.00. The zero-order valence-electron chi connectivity index (χ0n) is 17.6. The quantitative estimate of drug-likeness (QED) is 0.819. The van der Waals surface area contributed by atoms with Crippen molar-refractivity contribution in [1.82, 2.24) is 14.7 Å². The van der Waals surface area contributed by atoms with E-state index in [1.54, 1.807) is 19.1 Å². The molecule has 2 aliphatic rings. The van der Waals surface area contributed by atoms with E-state index in [2.05, 4.69) is 15.1 Å². The molecule has 6 nitrogen and oxygen atoms in total. The highest BCUT2D eigenvalue weighted by molar-refractivity contribution is 5.94. The van der Waals surface area contributed by atoms with Gasteiger partial charge in [0.2, 0.25) is 11.8 Å². The lowest BCUT2D eigenvalue weighted by atomic mass is 10.2. The predicted octanol–water partition coefficient (Wildman–Crippen LogP) is 2.48. The van der Waals surface area contributed by atoms with Crippen LogP contribution in [0.3, 0.4) is 0 Å². The smallest absolute Gasteiger partial charge is 0.241 e. The Balaban J connectivity index is 1.44. The van der Waals surface area contributed by atoms with Gasteiger partial charge < -0.3 is 10.2 Å². The van der Waals surface area contributed by atoms with Gasteiger partial charge in [-0.05, 0) is 44.4 Å². The number of carbonyl (C=O) groups excluding carboxylic acids is 2. The first-order valence-electron chi connectivity index (χ1n) is 10.8. The summed E-state index contributed by atoms with van der Waals surface area (Å²) in [4.78, 5) is 31.4. The van der Waals surface area contributed by atoms with Crippen molar-refractivity contribution < 1.29 is 14.0 Å². The number of likely N-dealkylation sites (tertiary alicyclic amines) is 1. The third kappa shape index (κ3) is 6.00. The highest BCUT2D eigenvalue weighted by atomic mass is 19.1. The van der Waals surface area contributed by atoms with Crippen LogP contribution >= 0.6 is 0 Å². The topological polar surface area (TPSA) is 55.9 Å². The molecule has 0 aliphatic carbocycles. The van der Waals surface area contributed by atoms with Crippen molar-refractivity contribution in [3.05, 3.63) is 29.6 Å². The molecule has 29 heavy (non-hydrogen) atoms. The normalized spacial score (nSPS) is 20.2. The molecule has 2 heterocycles. The molecule has 2 aliphatic heterocycles. The zero-order chi connectivity index (χ0) is 20.8. The summed E-state index contributed by atoms with van der Waals surface area (Å²) < 4.78 is 13.7. The van der Waals surface area contributed by atoms with E-state index < -0.39 is 0 Å². The van der Waals surface area contributed by atoms with Crippen molar-refractivity contribution in [3.8, 4) is 0 Å². The first-order valence-corrected chi connectivity index (χ1v) is 10.8. The minimum Gasteiger partial charge on any atom is -0.342 e. The molecular weight excluding hydrogens is 371 g/mol. The van der Waals surface area contributed by atoms with Gasteiger partial charge in [0.15, 0.2) is 0 Å². The van der Waals surface area contributed by atoms with Crippen LogP contribution in [0.25, 0.3) is 0 Å². The van der Waals surface area contributed by atoms with Crippen LogP contribution in [0.1, 0.15) is 38.2 Å². The number of anilines is 1. The van der Waals surface area contributed by atoms with E-state index in [0.717, 1.165) is 52.1 Å². The SMILES string of the molecule is Cc1ccc(NC(=O)C(C)N2CCN(CC(=O)N3CCCCCC3)CC2)cc1F. The summed E-state index contributed by atoms with van der Waals surface area (Å²) in [6, 6.07) is 4.43. The van der Waals surface area contributed by atoms with Gasteiger partial charge in [0.25, 0.3) is 0 Å². The van der Waals surface area contributed by atoms with E-state index in [-0.39, 0.29) is 23.7 Å². The van der Waals surface area contributed by atoms with E-state index in [9.17, 15) is 14.0 Å². The second-order valence-corrected chi connectivity index (χ2v) is 8.24. The summed E-state index contributed by atoms with van der Waals surface area (Å²) in [6.07, 6.45) is 4.66. The van der Waals surface area contributed by atoms with E-state index in [1.165, 1.54) is 18.9 Å². The Hall–Kier alpha value is -1.99. The zero-order valence-corrected chi connectivity index (χ0v) is 17.6. The number of benzene rings is 1. The number of rotatable bonds is 5. The third-order valence-electron chi connectivity index (χ3n) is 6.09. The Bertz CT molecular complexity index is 711. The number of nitrogens with one attached hydrogen (secondary N) is 1. The molecule has 1 unspecified atom stereocenters. The van der Waals surface area contributed by atoms with Crippen LogP contribution in [0, 0.1) is 12.7 Å². The third-order valence-corrected chi connectivity index (χ3v) is 6.09. The van der Waals surface area contributed by atoms with Gasteiger partial charge in [0.05, 0.1) is 12.6 Å². The molecule has 3 rings (SSSR count). The summed E-state index contributed by atoms with van der Waals surface area (Å²) in [5.74, 6) is -0.229. The van der Waals surface area contributed by atoms with Crippen LogP contribution in [0.4, 0.5) is 10.1 Å². The standard InChI is InChI=1S/C22H33FN4O2/c1-17-7-8-19(15-20(17)23)24-22(29)18(2)26-13-11-25(12-14-26)16-21(28)27-9-5-3-4-6-10-27/h7-8,15,18H,3-6,9-14,16H2,1-2H3,(H,24,29). The van der Waals surface area contributed by atoms with Gasteiger partial charge in [-0.1, -0.05) is 18.9 Å². The molecule has 1 atom stereocenters. The Labute approximate surface area is 173 Å². The summed E-state index contributed by atoms with van der Waals surface area (Å²) in [6.45, 7) is 8.84. The molecule has 2 fully saturated rings. The maximum atomic E-state index is 13.7. The van der Waals surface area contributed by atoms with Crippen molar-refractivity contribution in [1.29, 1.82) is 0 Å². The van der Waals surface area contributed by atoms with Crippen LogP contribution in [-0.2, 0) is 9.59 Å². The van der Waals surface area contributed by atoms with Crippen molar-refractivity contribution in [2.75, 3.05) is 51.1 Å². The number of piperazine rings is 1. The van der Waals surface area contributed by atoms with Crippen LogP contribution < -0.4 is 5.32 Å². The van der Waals surface area contributed by atoms with E-state index in [1.807, 2.05) is 11.8 Å². The van der Waals surface area contributed by atoms with Crippen molar-refractivity contribution in [2.24, 2.45) is 0 Å². The van der Waals surface area contributed by atoms with Gasteiger partial charge in [-0.15, -0.1) is 0 Å². The van der Waals surface area contributed by atoms with Crippen molar-refractivity contribution in [3.63, 3.8) is 0 Å². The summed E-state index contributed by atoms with van der Waals surface area (Å²) in [7, 11) is 0. The maximum Gasteiger partial charge on any atom is 0.241 e. The largest absolute Gasteiger partial charge is 0.342 e.